The summed E-state index contributed by atoms with van der Waals surface area (Å²) >= 11 is 0. The predicted octanol–water partition coefficient (Wildman–Crippen LogP) is -0.106. The van der Waals surface area contributed by atoms with E-state index in [1.54, 1.807) is 0 Å². The molecule has 1 aromatic heterocycles. The lowest BCUT2D eigenvalue weighted by molar-refractivity contribution is -0.156. The summed E-state index contributed by atoms with van der Waals surface area (Å²) in [5.41, 5.74) is 5.18. The van der Waals surface area contributed by atoms with Gasteiger partial charge in [-0.05, 0) is 0 Å². The molecule has 2 rings (SSSR count). The van der Waals surface area contributed by atoms with Crippen molar-refractivity contribution in [2.75, 3.05) is 12.3 Å². The highest BCUT2D eigenvalue weighted by Gasteiger charge is 2.49. The van der Waals surface area contributed by atoms with Crippen LogP contribution in [0.3, 0.4) is 0 Å². The molecule has 1 aromatic rings. The summed E-state index contributed by atoms with van der Waals surface area (Å²) < 4.78 is 30.7. The second-order valence-corrected chi connectivity index (χ2v) is 5.08. The van der Waals surface area contributed by atoms with Crippen LogP contribution in [0.1, 0.15) is 30.6 Å². The van der Waals surface area contributed by atoms with Crippen molar-refractivity contribution >= 4 is 23.7 Å². The lowest BCUT2D eigenvalue weighted by atomic mass is 10.1. The SMILES string of the molecule is CC(=O)OC[C@H]1O[C@@H](n2cnc(C(=O)O)c2N)[C@H](F)[C@@H]1OC(C)=O. The van der Waals surface area contributed by atoms with E-state index in [0.717, 1.165) is 24.7 Å². The number of nitrogens with two attached hydrogens (primary N) is 1. The Kier molecular flexibility index (Phi) is 5.02. The molecule has 10 nitrogen and oxygen atoms in total. The molecular weight excluding hydrogens is 329 g/mol. The summed E-state index contributed by atoms with van der Waals surface area (Å²) in [6, 6.07) is 0. The number of rotatable bonds is 5. The fourth-order valence-electron chi connectivity index (χ4n) is 2.32. The number of halogens is 1. The topological polar surface area (TPSA) is 143 Å². The summed E-state index contributed by atoms with van der Waals surface area (Å²) in [6.07, 6.45) is -4.66. The first-order valence-electron chi connectivity index (χ1n) is 6.88. The maximum atomic E-state index is 14.7. The van der Waals surface area contributed by atoms with Gasteiger partial charge in [0, 0.05) is 13.8 Å². The summed E-state index contributed by atoms with van der Waals surface area (Å²) in [5.74, 6) is -3.06. The third-order valence-electron chi connectivity index (χ3n) is 3.33. The molecule has 3 N–H and O–H groups in total. The molecule has 24 heavy (non-hydrogen) atoms. The normalized spacial score (nSPS) is 26.1. The first-order chi connectivity index (χ1) is 11.2. The monoisotopic (exact) mass is 345 g/mol. The van der Waals surface area contributed by atoms with Gasteiger partial charge in [-0.15, -0.1) is 0 Å². The number of anilines is 1. The van der Waals surface area contributed by atoms with E-state index in [2.05, 4.69) is 4.98 Å². The van der Waals surface area contributed by atoms with Gasteiger partial charge in [0.15, 0.2) is 24.2 Å². The standard InChI is InChI=1S/C13H16FN3O7/c1-5(18)22-3-7-10(23-6(2)19)8(14)12(24-7)17-4-16-9(11(17)15)13(20)21/h4,7-8,10,12H,3,15H2,1-2H3,(H,20,21)/t7-,8-,10-,12-/m1/s1. The van der Waals surface area contributed by atoms with Crippen LogP contribution < -0.4 is 5.73 Å². The van der Waals surface area contributed by atoms with Crippen LogP contribution in [0.15, 0.2) is 6.33 Å². The van der Waals surface area contributed by atoms with Crippen LogP contribution in [-0.4, -0.2) is 57.6 Å². The van der Waals surface area contributed by atoms with Gasteiger partial charge in [0.2, 0.25) is 0 Å². The fourth-order valence-corrected chi connectivity index (χ4v) is 2.32. The number of carboxylic acids is 1. The van der Waals surface area contributed by atoms with Gasteiger partial charge < -0.3 is 25.1 Å². The number of ether oxygens (including phenoxy) is 3. The van der Waals surface area contributed by atoms with Crippen molar-refractivity contribution in [3.8, 4) is 0 Å². The van der Waals surface area contributed by atoms with Gasteiger partial charge in [0.25, 0.3) is 0 Å². The Bertz CT molecular complexity index is 662. The van der Waals surface area contributed by atoms with Gasteiger partial charge >= 0.3 is 17.9 Å². The molecule has 0 saturated carbocycles. The van der Waals surface area contributed by atoms with Crippen molar-refractivity contribution in [2.45, 2.75) is 38.5 Å². The molecule has 1 saturated heterocycles. The van der Waals surface area contributed by atoms with Crippen molar-refractivity contribution in [3.05, 3.63) is 12.0 Å². The Morgan fingerprint density at radius 2 is 2.08 bits per heavy atom. The molecule has 1 aliphatic rings. The van der Waals surface area contributed by atoms with Crippen LogP contribution in [0.5, 0.6) is 0 Å². The van der Waals surface area contributed by atoms with Gasteiger partial charge in [-0.25, -0.2) is 14.2 Å². The minimum atomic E-state index is -1.87. The molecule has 0 aromatic carbocycles. The lowest BCUT2D eigenvalue weighted by Crippen LogP contribution is -2.36. The highest BCUT2D eigenvalue weighted by Crippen LogP contribution is 2.36. The molecule has 11 heteroatoms. The Hall–Kier alpha value is -2.69. The quantitative estimate of drug-likeness (QED) is 0.699. The fraction of sp³-hybridized carbons (Fsp3) is 0.538. The van der Waals surface area contributed by atoms with Crippen LogP contribution >= 0.6 is 0 Å². The Labute approximate surface area is 135 Å². The zero-order valence-electron chi connectivity index (χ0n) is 12.8. The van der Waals surface area contributed by atoms with E-state index in [9.17, 15) is 18.8 Å². The summed E-state index contributed by atoms with van der Waals surface area (Å²) in [6.45, 7) is 1.91. The van der Waals surface area contributed by atoms with Gasteiger partial charge in [-0.1, -0.05) is 0 Å². The Balaban J connectivity index is 2.26. The third-order valence-corrected chi connectivity index (χ3v) is 3.33. The van der Waals surface area contributed by atoms with Crippen LogP contribution in [0, 0.1) is 0 Å². The minimum Gasteiger partial charge on any atom is -0.476 e. The van der Waals surface area contributed by atoms with Crippen molar-refractivity contribution in [3.63, 3.8) is 0 Å². The summed E-state index contributed by atoms with van der Waals surface area (Å²) in [5, 5.41) is 8.94. The second-order valence-electron chi connectivity index (χ2n) is 5.08. The number of imidazole rings is 1. The smallest absolute Gasteiger partial charge is 0.358 e. The van der Waals surface area contributed by atoms with Gasteiger partial charge in [0.1, 0.15) is 18.5 Å². The van der Waals surface area contributed by atoms with Crippen LogP contribution in [-0.2, 0) is 23.8 Å². The number of carbonyl (C=O) groups is 3. The van der Waals surface area contributed by atoms with E-state index in [0.29, 0.717) is 0 Å². The summed E-state index contributed by atoms with van der Waals surface area (Å²) in [7, 11) is 0. The molecule has 0 spiro atoms. The first-order valence-corrected chi connectivity index (χ1v) is 6.88. The molecule has 1 fully saturated rings. The van der Waals surface area contributed by atoms with Crippen molar-refractivity contribution in [1.82, 2.24) is 9.55 Å². The van der Waals surface area contributed by atoms with Crippen molar-refractivity contribution in [2.24, 2.45) is 0 Å². The van der Waals surface area contributed by atoms with Gasteiger partial charge in [-0.3, -0.25) is 14.2 Å². The number of esters is 2. The number of aromatic nitrogens is 2. The molecule has 0 radical (unpaired) electrons. The largest absolute Gasteiger partial charge is 0.476 e. The van der Waals surface area contributed by atoms with Crippen LogP contribution in [0.25, 0.3) is 0 Å². The highest BCUT2D eigenvalue weighted by molar-refractivity contribution is 5.90. The first kappa shape index (κ1) is 17.7. The molecule has 0 aliphatic carbocycles. The molecule has 0 bridgehead atoms. The average Bonchev–Trinajstić information content (AvgIpc) is 2.98. The van der Waals surface area contributed by atoms with Crippen LogP contribution in [0.4, 0.5) is 10.2 Å². The summed E-state index contributed by atoms with van der Waals surface area (Å²) in [4.78, 5) is 36.6. The van der Waals surface area contributed by atoms with Gasteiger partial charge in [-0.2, -0.15) is 0 Å². The van der Waals surface area contributed by atoms with E-state index in [1.165, 1.54) is 0 Å². The zero-order chi connectivity index (χ0) is 18.0. The number of carboxylic acid groups (broad SMARTS) is 1. The average molecular weight is 345 g/mol. The molecule has 1 aliphatic heterocycles. The number of carbonyl (C=O) groups excluding carboxylic acids is 2. The maximum Gasteiger partial charge on any atom is 0.358 e. The van der Waals surface area contributed by atoms with E-state index in [1.807, 2.05) is 0 Å². The molecule has 132 valence electrons. The number of hydrogen-bond acceptors (Lipinski definition) is 8. The number of nitrogens with zero attached hydrogens (tertiary/aromatic N) is 2. The number of hydrogen-bond donors (Lipinski definition) is 2. The van der Waals surface area contributed by atoms with E-state index in [4.69, 9.17) is 25.1 Å². The lowest BCUT2D eigenvalue weighted by Gasteiger charge is -2.18. The third kappa shape index (κ3) is 3.45. The van der Waals surface area contributed by atoms with E-state index in [-0.39, 0.29) is 12.4 Å². The maximum absolute atomic E-state index is 14.7. The highest BCUT2D eigenvalue weighted by atomic mass is 19.1. The number of alkyl halides is 1. The molecule has 2 heterocycles. The Morgan fingerprint density at radius 1 is 1.42 bits per heavy atom. The molecule has 0 amide bonds. The zero-order valence-corrected chi connectivity index (χ0v) is 12.8. The minimum absolute atomic E-state index is 0.315. The predicted molar refractivity (Wildman–Crippen MR) is 74.6 cm³/mol. The number of aromatic carboxylic acids is 1. The molecule has 0 unspecified atom stereocenters. The van der Waals surface area contributed by atoms with Crippen molar-refractivity contribution in [1.29, 1.82) is 0 Å². The second kappa shape index (κ2) is 6.83. The van der Waals surface area contributed by atoms with E-state index < -0.39 is 48.2 Å². The number of nitrogen functional groups attached to an aromatic ring is 1. The van der Waals surface area contributed by atoms with Crippen molar-refractivity contribution < 1.29 is 38.1 Å². The molecular formula is C13H16FN3O7. The van der Waals surface area contributed by atoms with Crippen LogP contribution in [0.2, 0.25) is 0 Å². The van der Waals surface area contributed by atoms with Gasteiger partial charge in [0.05, 0.1) is 6.33 Å². The van der Waals surface area contributed by atoms with E-state index >= 15 is 0 Å². The molecule has 4 atom stereocenters. The Morgan fingerprint density at radius 3 is 2.58 bits per heavy atom.